The summed E-state index contributed by atoms with van der Waals surface area (Å²) in [6, 6.07) is 0. The number of hydrogen-bond donors (Lipinski definition) is 0. The van der Waals surface area contributed by atoms with Crippen molar-refractivity contribution in [1.29, 1.82) is 0 Å². The fourth-order valence-electron chi connectivity index (χ4n) is 1.25. The van der Waals surface area contributed by atoms with E-state index < -0.39 is 0 Å². The fourth-order valence-corrected chi connectivity index (χ4v) is 1.25. The number of hydrogen-bond acceptors (Lipinski definition) is 1. The molecule has 1 aliphatic carbocycles. The monoisotopic (exact) mass is 122 g/mol. The van der Waals surface area contributed by atoms with Gasteiger partial charge < -0.3 is 0 Å². The second-order valence-corrected chi connectivity index (χ2v) is 2.46. The number of terminal acetylenes is 1. The normalized spacial score (nSPS) is 26.1. The van der Waals surface area contributed by atoms with Gasteiger partial charge in [0.2, 0.25) is 0 Å². The first-order chi connectivity index (χ1) is 4.34. The third-order valence-corrected chi connectivity index (χ3v) is 1.80. The summed E-state index contributed by atoms with van der Waals surface area (Å²) in [5, 5.41) is 0. The van der Waals surface area contributed by atoms with Gasteiger partial charge in [-0.2, -0.15) is 0 Å². The Balaban J connectivity index is 2.42. The molecule has 1 saturated carbocycles. The minimum Gasteiger partial charge on any atom is -0.299 e. The first-order valence-electron chi connectivity index (χ1n) is 3.31. The molecule has 9 heavy (non-hydrogen) atoms. The van der Waals surface area contributed by atoms with Crippen molar-refractivity contribution in [3.05, 3.63) is 0 Å². The van der Waals surface area contributed by atoms with Crippen molar-refractivity contribution < 1.29 is 4.79 Å². The average molecular weight is 122 g/mol. The molecule has 0 aliphatic heterocycles. The molecule has 0 unspecified atom stereocenters. The van der Waals surface area contributed by atoms with Gasteiger partial charge in [0.1, 0.15) is 5.78 Å². The average Bonchev–Trinajstić information content (AvgIpc) is 2.18. The van der Waals surface area contributed by atoms with E-state index in [1.165, 1.54) is 0 Å². The lowest BCUT2D eigenvalue weighted by atomic mass is 10.0. The largest absolute Gasteiger partial charge is 0.299 e. The van der Waals surface area contributed by atoms with Gasteiger partial charge in [0.15, 0.2) is 0 Å². The van der Waals surface area contributed by atoms with Gasteiger partial charge in [0.05, 0.1) is 0 Å². The first kappa shape index (κ1) is 6.35. The summed E-state index contributed by atoms with van der Waals surface area (Å²) < 4.78 is 0. The lowest BCUT2D eigenvalue weighted by Crippen LogP contribution is -2.03. The maximum absolute atomic E-state index is 10.9. The highest BCUT2D eigenvalue weighted by Crippen LogP contribution is 2.23. The van der Waals surface area contributed by atoms with Crippen LogP contribution in [0.3, 0.4) is 0 Å². The molecular formula is C8H10O. The van der Waals surface area contributed by atoms with Crippen LogP contribution in [0.25, 0.3) is 0 Å². The van der Waals surface area contributed by atoms with Crippen LogP contribution in [0.15, 0.2) is 0 Å². The van der Waals surface area contributed by atoms with E-state index in [4.69, 9.17) is 6.42 Å². The predicted molar refractivity (Wildman–Crippen MR) is 35.8 cm³/mol. The molecule has 1 heteroatoms. The van der Waals surface area contributed by atoms with Crippen molar-refractivity contribution in [2.24, 2.45) is 5.92 Å². The third-order valence-electron chi connectivity index (χ3n) is 1.80. The molecule has 0 radical (unpaired) electrons. The summed E-state index contributed by atoms with van der Waals surface area (Å²) >= 11 is 0. The Kier molecular flexibility index (Phi) is 1.89. The Bertz CT molecular complexity index is 152. The maximum Gasteiger partial charge on any atom is 0.136 e. The van der Waals surface area contributed by atoms with Gasteiger partial charge in [-0.25, -0.2) is 0 Å². The molecule has 0 aromatic carbocycles. The number of rotatable bonds is 1. The van der Waals surface area contributed by atoms with E-state index in [0.717, 1.165) is 19.3 Å². The fraction of sp³-hybridized carbons (Fsp3) is 0.625. The van der Waals surface area contributed by atoms with Crippen LogP contribution in [0.5, 0.6) is 0 Å². The summed E-state index contributed by atoms with van der Waals surface area (Å²) in [6.45, 7) is 0. The van der Waals surface area contributed by atoms with Crippen LogP contribution in [0.2, 0.25) is 0 Å². The SMILES string of the molecule is C#CC[C@@H]1CCCC1=O. The molecule has 0 aromatic heterocycles. The molecule has 1 aliphatic rings. The maximum atomic E-state index is 10.9. The van der Waals surface area contributed by atoms with E-state index >= 15 is 0 Å². The summed E-state index contributed by atoms with van der Waals surface area (Å²) in [7, 11) is 0. The van der Waals surface area contributed by atoms with Crippen molar-refractivity contribution in [1.82, 2.24) is 0 Å². The Morgan fingerprint density at radius 2 is 2.56 bits per heavy atom. The number of ketones is 1. The van der Waals surface area contributed by atoms with Crippen LogP contribution < -0.4 is 0 Å². The third kappa shape index (κ3) is 1.32. The molecule has 1 rings (SSSR count). The standard InChI is InChI=1S/C8H10O/c1-2-4-7-5-3-6-8(7)9/h1,7H,3-6H2/t7-/m1/s1. The molecule has 0 amide bonds. The van der Waals surface area contributed by atoms with E-state index in [9.17, 15) is 4.79 Å². The van der Waals surface area contributed by atoms with Gasteiger partial charge in [0, 0.05) is 18.8 Å². The van der Waals surface area contributed by atoms with E-state index in [1.54, 1.807) is 0 Å². The van der Waals surface area contributed by atoms with Crippen LogP contribution in [0, 0.1) is 18.3 Å². The first-order valence-corrected chi connectivity index (χ1v) is 3.31. The second kappa shape index (κ2) is 2.68. The van der Waals surface area contributed by atoms with Crippen molar-refractivity contribution in [2.45, 2.75) is 25.7 Å². The van der Waals surface area contributed by atoms with Crippen LogP contribution in [-0.2, 0) is 4.79 Å². The molecule has 0 bridgehead atoms. The highest BCUT2D eigenvalue weighted by Gasteiger charge is 2.22. The van der Waals surface area contributed by atoms with Crippen LogP contribution in [0.4, 0.5) is 0 Å². The molecule has 0 saturated heterocycles. The number of carbonyl (C=O) groups is 1. The van der Waals surface area contributed by atoms with Crippen molar-refractivity contribution in [3.8, 4) is 12.3 Å². The molecule has 0 aromatic rings. The topological polar surface area (TPSA) is 17.1 Å². The molecule has 1 nitrogen and oxygen atoms in total. The van der Waals surface area contributed by atoms with Gasteiger partial charge in [0.25, 0.3) is 0 Å². The molecule has 0 N–H and O–H groups in total. The van der Waals surface area contributed by atoms with E-state index in [0.29, 0.717) is 12.2 Å². The highest BCUT2D eigenvalue weighted by molar-refractivity contribution is 5.83. The summed E-state index contributed by atoms with van der Waals surface area (Å²) in [5.74, 6) is 3.09. The summed E-state index contributed by atoms with van der Waals surface area (Å²) in [6.07, 6.45) is 8.54. The lowest BCUT2D eigenvalue weighted by Gasteiger charge is -1.98. The zero-order chi connectivity index (χ0) is 6.69. The predicted octanol–water partition coefficient (Wildman–Crippen LogP) is 1.38. The van der Waals surface area contributed by atoms with Crippen LogP contribution in [-0.4, -0.2) is 5.78 Å². The quantitative estimate of drug-likeness (QED) is 0.480. The van der Waals surface area contributed by atoms with Crippen LogP contribution in [0.1, 0.15) is 25.7 Å². The minimum absolute atomic E-state index is 0.204. The minimum atomic E-state index is 0.204. The van der Waals surface area contributed by atoms with Gasteiger partial charge in [-0.3, -0.25) is 4.79 Å². The summed E-state index contributed by atoms with van der Waals surface area (Å²) in [4.78, 5) is 10.9. The van der Waals surface area contributed by atoms with E-state index in [1.807, 2.05) is 0 Å². The molecule has 48 valence electrons. The Morgan fingerprint density at radius 1 is 1.78 bits per heavy atom. The van der Waals surface area contributed by atoms with Crippen molar-refractivity contribution in [3.63, 3.8) is 0 Å². The zero-order valence-electron chi connectivity index (χ0n) is 5.39. The Hall–Kier alpha value is -0.770. The molecule has 1 fully saturated rings. The summed E-state index contributed by atoms with van der Waals surface area (Å²) in [5.41, 5.74) is 0. The van der Waals surface area contributed by atoms with Crippen LogP contribution >= 0.6 is 0 Å². The number of Topliss-reactive ketones (excluding diaryl/α,β-unsaturated/α-hetero) is 1. The number of carbonyl (C=O) groups excluding carboxylic acids is 1. The van der Waals surface area contributed by atoms with Gasteiger partial charge >= 0.3 is 0 Å². The highest BCUT2D eigenvalue weighted by atomic mass is 16.1. The Labute approximate surface area is 55.4 Å². The lowest BCUT2D eigenvalue weighted by molar-refractivity contribution is -0.120. The van der Waals surface area contributed by atoms with Crippen molar-refractivity contribution >= 4 is 5.78 Å². The van der Waals surface area contributed by atoms with E-state index in [2.05, 4.69) is 5.92 Å². The molecule has 0 heterocycles. The van der Waals surface area contributed by atoms with Gasteiger partial charge in [-0.1, -0.05) is 0 Å². The molecular weight excluding hydrogens is 112 g/mol. The zero-order valence-corrected chi connectivity index (χ0v) is 5.39. The molecule has 0 spiro atoms. The smallest absolute Gasteiger partial charge is 0.136 e. The van der Waals surface area contributed by atoms with Crippen molar-refractivity contribution in [2.75, 3.05) is 0 Å². The Morgan fingerprint density at radius 3 is 3.00 bits per heavy atom. The van der Waals surface area contributed by atoms with E-state index in [-0.39, 0.29) is 5.92 Å². The molecule has 1 atom stereocenters. The van der Waals surface area contributed by atoms with Gasteiger partial charge in [-0.15, -0.1) is 12.3 Å². The van der Waals surface area contributed by atoms with Gasteiger partial charge in [-0.05, 0) is 12.8 Å². The second-order valence-electron chi connectivity index (χ2n) is 2.46.